The van der Waals surface area contributed by atoms with Crippen LogP contribution in [-0.2, 0) is 24.2 Å². The van der Waals surface area contributed by atoms with Gasteiger partial charge in [0.05, 0.1) is 6.54 Å². The summed E-state index contributed by atoms with van der Waals surface area (Å²) in [5.41, 5.74) is 4.29. The SMILES string of the molecule is CNC(=O)c1ccc2c(c1)CCC(N1CCc3c(nn(Cc4ccccc4)c3Cl)C1=O)C(=O)N2C. The molecule has 2 aromatic carbocycles. The zero-order valence-corrected chi connectivity index (χ0v) is 20.4. The molecule has 0 spiro atoms. The van der Waals surface area contributed by atoms with E-state index in [4.69, 9.17) is 11.6 Å². The lowest BCUT2D eigenvalue weighted by Gasteiger charge is -2.34. The second-order valence-corrected chi connectivity index (χ2v) is 9.24. The van der Waals surface area contributed by atoms with Gasteiger partial charge in [0.2, 0.25) is 5.91 Å². The van der Waals surface area contributed by atoms with Crippen molar-refractivity contribution in [2.45, 2.75) is 31.8 Å². The van der Waals surface area contributed by atoms with E-state index in [1.165, 1.54) is 0 Å². The number of benzene rings is 2. The predicted octanol–water partition coefficient (Wildman–Crippen LogP) is 2.92. The number of rotatable bonds is 4. The van der Waals surface area contributed by atoms with Crippen molar-refractivity contribution in [1.29, 1.82) is 0 Å². The van der Waals surface area contributed by atoms with E-state index in [1.54, 1.807) is 40.7 Å². The number of likely N-dealkylation sites (N-methyl/N-ethyl adjacent to an activating group) is 1. The van der Waals surface area contributed by atoms with Gasteiger partial charge in [-0.2, -0.15) is 5.10 Å². The van der Waals surface area contributed by atoms with Gasteiger partial charge in [-0.15, -0.1) is 0 Å². The smallest absolute Gasteiger partial charge is 0.275 e. The van der Waals surface area contributed by atoms with E-state index < -0.39 is 6.04 Å². The number of halogens is 1. The number of anilines is 1. The molecule has 1 atom stereocenters. The van der Waals surface area contributed by atoms with Gasteiger partial charge in [-0.1, -0.05) is 41.9 Å². The summed E-state index contributed by atoms with van der Waals surface area (Å²) in [7, 11) is 3.30. The molecule has 3 aromatic rings. The number of amides is 3. The van der Waals surface area contributed by atoms with Crippen molar-refractivity contribution in [1.82, 2.24) is 20.0 Å². The minimum absolute atomic E-state index is 0.150. The summed E-state index contributed by atoms with van der Waals surface area (Å²) in [6.07, 6.45) is 1.57. The lowest BCUT2D eigenvalue weighted by molar-refractivity contribution is -0.122. The van der Waals surface area contributed by atoms with E-state index in [-0.39, 0.29) is 17.7 Å². The van der Waals surface area contributed by atoms with Crippen LogP contribution in [0.2, 0.25) is 5.15 Å². The molecule has 0 fully saturated rings. The van der Waals surface area contributed by atoms with Crippen LogP contribution in [0, 0.1) is 0 Å². The molecule has 2 aliphatic heterocycles. The molecule has 1 aromatic heterocycles. The highest BCUT2D eigenvalue weighted by Gasteiger charge is 2.40. The number of aromatic nitrogens is 2. The first-order chi connectivity index (χ1) is 16.9. The number of fused-ring (bicyclic) bond motifs is 2. The van der Waals surface area contributed by atoms with Gasteiger partial charge in [0.25, 0.3) is 11.8 Å². The second-order valence-electron chi connectivity index (χ2n) is 8.88. The predicted molar refractivity (Wildman–Crippen MR) is 133 cm³/mol. The normalized spacial score (nSPS) is 17.6. The van der Waals surface area contributed by atoms with Gasteiger partial charge in [-0.3, -0.25) is 14.4 Å². The van der Waals surface area contributed by atoms with Crippen molar-refractivity contribution < 1.29 is 14.4 Å². The zero-order valence-electron chi connectivity index (χ0n) is 19.6. The van der Waals surface area contributed by atoms with Crippen molar-refractivity contribution in [3.8, 4) is 0 Å². The third-order valence-electron chi connectivity index (χ3n) is 6.83. The van der Waals surface area contributed by atoms with Crippen molar-refractivity contribution in [3.05, 3.63) is 81.6 Å². The van der Waals surface area contributed by atoms with Crippen LogP contribution in [0.3, 0.4) is 0 Å². The molecule has 0 saturated carbocycles. The first-order valence-corrected chi connectivity index (χ1v) is 12.0. The molecule has 1 unspecified atom stereocenters. The summed E-state index contributed by atoms with van der Waals surface area (Å²) in [6, 6.07) is 14.5. The van der Waals surface area contributed by atoms with Crippen LogP contribution < -0.4 is 10.2 Å². The standard InChI is InChI=1S/C26H26ClN5O3/c1-28-24(33)18-9-10-20-17(14-18)8-11-21(25(34)30(20)2)31-13-12-19-22(26(31)35)29-32(23(19)27)15-16-6-4-3-5-7-16/h3-7,9-10,14,21H,8,11-13,15H2,1-2H3,(H,28,33). The summed E-state index contributed by atoms with van der Waals surface area (Å²) < 4.78 is 1.65. The zero-order chi connectivity index (χ0) is 24.7. The van der Waals surface area contributed by atoms with Gasteiger partial charge < -0.3 is 15.1 Å². The molecule has 1 N–H and O–H groups in total. The van der Waals surface area contributed by atoms with Crippen molar-refractivity contribution in [3.63, 3.8) is 0 Å². The van der Waals surface area contributed by atoms with Crippen LogP contribution >= 0.6 is 11.6 Å². The van der Waals surface area contributed by atoms with E-state index in [9.17, 15) is 14.4 Å². The van der Waals surface area contributed by atoms with Crippen LogP contribution in [-0.4, -0.2) is 59.1 Å². The largest absolute Gasteiger partial charge is 0.355 e. The van der Waals surface area contributed by atoms with Gasteiger partial charge in [0.15, 0.2) is 5.69 Å². The topological polar surface area (TPSA) is 87.5 Å². The molecule has 9 heteroatoms. The fourth-order valence-corrected chi connectivity index (χ4v) is 5.23. The molecule has 0 radical (unpaired) electrons. The maximum atomic E-state index is 13.5. The van der Waals surface area contributed by atoms with Crippen LogP contribution in [0.25, 0.3) is 0 Å². The van der Waals surface area contributed by atoms with E-state index in [2.05, 4.69) is 10.4 Å². The van der Waals surface area contributed by atoms with Crippen LogP contribution in [0.15, 0.2) is 48.5 Å². The summed E-state index contributed by atoms with van der Waals surface area (Å²) in [5.74, 6) is -0.601. The summed E-state index contributed by atoms with van der Waals surface area (Å²) in [6.45, 7) is 0.862. The van der Waals surface area contributed by atoms with Gasteiger partial charge in [-0.25, -0.2) is 4.68 Å². The number of nitrogens with one attached hydrogen (secondary N) is 1. The Labute approximate surface area is 208 Å². The maximum absolute atomic E-state index is 13.5. The van der Waals surface area contributed by atoms with Crippen LogP contribution in [0.1, 0.15) is 44.0 Å². The lowest BCUT2D eigenvalue weighted by atomic mass is 10.00. The number of carbonyl (C=O) groups is 3. The Morgan fingerprint density at radius 1 is 1.14 bits per heavy atom. The van der Waals surface area contributed by atoms with E-state index in [0.717, 1.165) is 22.4 Å². The molecule has 0 bridgehead atoms. The van der Waals surface area contributed by atoms with E-state index in [0.29, 0.717) is 48.8 Å². The van der Waals surface area contributed by atoms with Gasteiger partial charge in [0, 0.05) is 37.5 Å². The molecular formula is C26H26ClN5O3. The van der Waals surface area contributed by atoms with Gasteiger partial charge in [-0.05, 0) is 48.6 Å². The number of nitrogens with zero attached hydrogens (tertiary/aromatic N) is 4. The number of carbonyl (C=O) groups excluding carboxylic acids is 3. The maximum Gasteiger partial charge on any atom is 0.275 e. The quantitative estimate of drug-likeness (QED) is 0.608. The Morgan fingerprint density at radius 3 is 2.66 bits per heavy atom. The Bertz CT molecular complexity index is 1320. The highest BCUT2D eigenvalue weighted by molar-refractivity contribution is 6.31. The van der Waals surface area contributed by atoms with E-state index in [1.807, 2.05) is 36.4 Å². The number of hydrogen-bond donors (Lipinski definition) is 1. The fraction of sp³-hybridized carbons (Fsp3) is 0.308. The third-order valence-corrected chi connectivity index (χ3v) is 7.26. The molecule has 0 saturated heterocycles. The molecule has 5 rings (SSSR count). The Kier molecular flexibility index (Phi) is 6.06. The molecule has 180 valence electrons. The number of aryl methyl sites for hydroxylation is 1. The Hall–Kier alpha value is -3.65. The highest BCUT2D eigenvalue weighted by atomic mass is 35.5. The first kappa shape index (κ1) is 23.1. The second kappa shape index (κ2) is 9.19. The van der Waals surface area contributed by atoms with Crippen molar-refractivity contribution in [2.24, 2.45) is 0 Å². The average molecular weight is 492 g/mol. The minimum atomic E-state index is -0.616. The fourth-order valence-electron chi connectivity index (χ4n) is 4.95. The lowest BCUT2D eigenvalue weighted by Crippen LogP contribution is -2.52. The van der Waals surface area contributed by atoms with Crippen LogP contribution in [0.5, 0.6) is 0 Å². The molecule has 3 heterocycles. The summed E-state index contributed by atoms with van der Waals surface area (Å²) >= 11 is 6.60. The summed E-state index contributed by atoms with van der Waals surface area (Å²) in [4.78, 5) is 42.3. The molecule has 35 heavy (non-hydrogen) atoms. The first-order valence-electron chi connectivity index (χ1n) is 11.6. The molecule has 8 nitrogen and oxygen atoms in total. The Morgan fingerprint density at radius 2 is 1.91 bits per heavy atom. The summed E-state index contributed by atoms with van der Waals surface area (Å²) in [5, 5.41) is 7.64. The van der Waals surface area contributed by atoms with Gasteiger partial charge >= 0.3 is 0 Å². The molecule has 2 aliphatic rings. The van der Waals surface area contributed by atoms with Gasteiger partial charge in [0.1, 0.15) is 11.2 Å². The van der Waals surface area contributed by atoms with E-state index >= 15 is 0 Å². The molecule has 0 aliphatic carbocycles. The highest BCUT2D eigenvalue weighted by Crippen LogP contribution is 2.32. The monoisotopic (exact) mass is 491 g/mol. The number of hydrogen-bond acceptors (Lipinski definition) is 4. The molecular weight excluding hydrogens is 466 g/mol. The minimum Gasteiger partial charge on any atom is -0.355 e. The average Bonchev–Trinajstić information content (AvgIpc) is 3.13. The van der Waals surface area contributed by atoms with Crippen molar-refractivity contribution in [2.75, 3.05) is 25.5 Å². The Balaban J connectivity index is 1.40. The third kappa shape index (κ3) is 4.08. The molecule has 3 amide bonds. The van der Waals surface area contributed by atoms with Crippen molar-refractivity contribution >= 4 is 35.0 Å². The van der Waals surface area contributed by atoms with Crippen LogP contribution in [0.4, 0.5) is 5.69 Å².